The summed E-state index contributed by atoms with van der Waals surface area (Å²) >= 11 is 5.82. The predicted octanol–water partition coefficient (Wildman–Crippen LogP) is 2.93. The summed E-state index contributed by atoms with van der Waals surface area (Å²) in [6, 6.07) is 9.48. The highest BCUT2D eigenvalue weighted by Gasteiger charge is 2.11. The van der Waals surface area contributed by atoms with Crippen molar-refractivity contribution in [1.82, 2.24) is 19.9 Å². The molecular formula is C16H15ClN4O. The lowest BCUT2D eigenvalue weighted by Gasteiger charge is -2.06. The minimum Gasteiger partial charge on any atom is -0.347 e. The number of amides is 1. The van der Waals surface area contributed by atoms with Crippen LogP contribution in [-0.2, 0) is 6.54 Å². The van der Waals surface area contributed by atoms with Crippen LogP contribution in [0.1, 0.15) is 27.2 Å². The highest BCUT2D eigenvalue weighted by molar-refractivity contribution is 6.29. The number of nitrogens with one attached hydrogen (secondary N) is 1. The number of fused-ring (bicyclic) bond motifs is 1. The largest absolute Gasteiger partial charge is 0.347 e. The van der Waals surface area contributed by atoms with Crippen molar-refractivity contribution in [2.24, 2.45) is 0 Å². The Kier molecular flexibility index (Phi) is 3.81. The van der Waals surface area contributed by atoms with Crippen LogP contribution in [0.15, 0.2) is 36.5 Å². The topological polar surface area (TPSA) is 59.3 Å². The summed E-state index contributed by atoms with van der Waals surface area (Å²) in [5.74, 6) is -0.236. The predicted molar refractivity (Wildman–Crippen MR) is 85.1 cm³/mol. The Morgan fingerprint density at radius 2 is 2.05 bits per heavy atom. The van der Waals surface area contributed by atoms with Crippen molar-refractivity contribution in [2.75, 3.05) is 0 Å². The second-order valence-corrected chi connectivity index (χ2v) is 5.57. The molecule has 3 rings (SSSR count). The normalized spacial score (nSPS) is 10.9. The zero-order valence-corrected chi connectivity index (χ0v) is 13.1. The van der Waals surface area contributed by atoms with Gasteiger partial charge in [-0.2, -0.15) is 5.10 Å². The fraction of sp³-hybridized carbons (Fsp3) is 0.188. The maximum Gasteiger partial charge on any atom is 0.271 e. The number of hydrogen-bond donors (Lipinski definition) is 1. The number of benzene rings is 1. The van der Waals surface area contributed by atoms with E-state index in [9.17, 15) is 4.79 Å². The van der Waals surface area contributed by atoms with Crippen LogP contribution in [0.4, 0.5) is 0 Å². The smallest absolute Gasteiger partial charge is 0.271 e. The first-order valence-corrected chi connectivity index (χ1v) is 7.27. The number of rotatable bonds is 3. The molecule has 0 bridgehead atoms. The van der Waals surface area contributed by atoms with Crippen LogP contribution in [0.5, 0.6) is 0 Å². The lowest BCUT2D eigenvalue weighted by molar-refractivity contribution is 0.0946. The first-order chi connectivity index (χ1) is 10.5. The van der Waals surface area contributed by atoms with Gasteiger partial charge in [-0.15, -0.1) is 0 Å². The van der Waals surface area contributed by atoms with Gasteiger partial charge in [0.15, 0.2) is 5.65 Å². The number of imidazole rings is 1. The summed E-state index contributed by atoms with van der Waals surface area (Å²) in [6.45, 7) is 4.58. The van der Waals surface area contributed by atoms with Crippen LogP contribution >= 0.6 is 11.6 Å². The van der Waals surface area contributed by atoms with Gasteiger partial charge in [-0.05, 0) is 42.7 Å². The first-order valence-electron chi connectivity index (χ1n) is 6.89. The molecule has 3 aromatic rings. The summed E-state index contributed by atoms with van der Waals surface area (Å²) in [7, 11) is 0. The molecule has 0 atom stereocenters. The Bertz CT molecular complexity index is 856. The zero-order valence-electron chi connectivity index (χ0n) is 12.3. The molecule has 1 N–H and O–H groups in total. The molecule has 0 saturated carbocycles. The summed E-state index contributed by atoms with van der Waals surface area (Å²) < 4.78 is 1.49. The Morgan fingerprint density at radius 3 is 2.82 bits per heavy atom. The van der Waals surface area contributed by atoms with Gasteiger partial charge in [0.2, 0.25) is 0 Å². The molecule has 1 amide bonds. The lowest BCUT2D eigenvalue weighted by Crippen LogP contribution is -2.23. The average molecular weight is 315 g/mol. The Balaban J connectivity index is 1.74. The quantitative estimate of drug-likeness (QED) is 0.808. The van der Waals surface area contributed by atoms with E-state index in [4.69, 9.17) is 11.6 Å². The number of carbonyl (C=O) groups is 1. The van der Waals surface area contributed by atoms with E-state index in [1.54, 1.807) is 18.3 Å². The molecule has 22 heavy (non-hydrogen) atoms. The van der Waals surface area contributed by atoms with E-state index < -0.39 is 0 Å². The van der Waals surface area contributed by atoms with E-state index in [2.05, 4.69) is 35.3 Å². The van der Waals surface area contributed by atoms with E-state index in [1.807, 2.05) is 12.1 Å². The van der Waals surface area contributed by atoms with E-state index in [0.717, 1.165) is 5.56 Å². The third-order valence-corrected chi connectivity index (χ3v) is 3.75. The maximum absolute atomic E-state index is 12.2. The molecule has 1 aromatic carbocycles. The van der Waals surface area contributed by atoms with Crippen LogP contribution in [0.25, 0.3) is 5.65 Å². The molecule has 2 aromatic heterocycles. The number of nitrogens with zero attached hydrogens (tertiary/aromatic N) is 3. The van der Waals surface area contributed by atoms with E-state index in [-0.39, 0.29) is 5.91 Å². The van der Waals surface area contributed by atoms with Crippen molar-refractivity contribution >= 4 is 23.2 Å². The highest BCUT2D eigenvalue weighted by Crippen LogP contribution is 2.11. The summed E-state index contributed by atoms with van der Waals surface area (Å²) in [6.07, 6.45) is 1.57. The number of halogens is 1. The molecule has 0 saturated heterocycles. The van der Waals surface area contributed by atoms with Gasteiger partial charge in [-0.1, -0.05) is 29.8 Å². The standard InChI is InChI=1S/C16H15ClN4O/c1-10-3-4-12(7-11(10)2)8-18-16(22)13-9-21-15(19-13)6-5-14(17)20-21/h3-7,9H,8H2,1-2H3,(H,18,22). The van der Waals surface area contributed by atoms with Crippen LogP contribution < -0.4 is 5.32 Å². The van der Waals surface area contributed by atoms with Crippen molar-refractivity contribution in [3.05, 3.63) is 64.1 Å². The van der Waals surface area contributed by atoms with Crippen molar-refractivity contribution < 1.29 is 4.79 Å². The molecule has 0 radical (unpaired) electrons. The molecule has 0 unspecified atom stereocenters. The highest BCUT2D eigenvalue weighted by atomic mass is 35.5. The Morgan fingerprint density at radius 1 is 1.23 bits per heavy atom. The minimum absolute atomic E-state index is 0.236. The van der Waals surface area contributed by atoms with E-state index >= 15 is 0 Å². The third-order valence-electron chi connectivity index (χ3n) is 3.54. The van der Waals surface area contributed by atoms with Crippen LogP contribution in [0.3, 0.4) is 0 Å². The zero-order chi connectivity index (χ0) is 15.7. The van der Waals surface area contributed by atoms with Crippen molar-refractivity contribution in [3.63, 3.8) is 0 Å². The number of carbonyl (C=O) groups excluding carboxylic acids is 1. The molecule has 0 fully saturated rings. The van der Waals surface area contributed by atoms with Crippen LogP contribution in [0.2, 0.25) is 5.15 Å². The molecule has 0 aliphatic carbocycles. The summed E-state index contributed by atoms with van der Waals surface area (Å²) in [5, 5.41) is 7.27. The number of aromatic nitrogens is 3. The SMILES string of the molecule is Cc1ccc(CNC(=O)c2cn3nc(Cl)ccc3n2)cc1C. The molecule has 0 aliphatic heterocycles. The first kappa shape index (κ1) is 14.5. The molecule has 112 valence electrons. The Labute approximate surface area is 132 Å². The molecule has 2 heterocycles. The molecule has 0 spiro atoms. The second-order valence-electron chi connectivity index (χ2n) is 5.19. The lowest BCUT2D eigenvalue weighted by atomic mass is 10.1. The van der Waals surface area contributed by atoms with Crippen LogP contribution in [0, 0.1) is 13.8 Å². The number of aryl methyl sites for hydroxylation is 2. The number of hydrogen-bond acceptors (Lipinski definition) is 3. The van der Waals surface area contributed by atoms with Crippen molar-refractivity contribution in [3.8, 4) is 0 Å². The minimum atomic E-state index is -0.236. The van der Waals surface area contributed by atoms with Gasteiger partial charge >= 0.3 is 0 Å². The summed E-state index contributed by atoms with van der Waals surface area (Å²) in [5.41, 5.74) is 4.40. The second kappa shape index (κ2) is 5.77. The van der Waals surface area contributed by atoms with E-state index in [1.165, 1.54) is 15.6 Å². The van der Waals surface area contributed by atoms with Crippen LogP contribution in [-0.4, -0.2) is 20.5 Å². The van der Waals surface area contributed by atoms with Gasteiger partial charge in [0.25, 0.3) is 5.91 Å². The molecule has 0 aliphatic rings. The van der Waals surface area contributed by atoms with E-state index in [0.29, 0.717) is 23.0 Å². The fourth-order valence-corrected chi connectivity index (χ4v) is 2.30. The molecule has 6 heteroatoms. The molecule has 5 nitrogen and oxygen atoms in total. The Hall–Kier alpha value is -2.40. The van der Waals surface area contributed by atoms with Gasteiger partial charge < -0.3 is 5.32 Å². The molecular weight excluding hydrogens is 300 g/mol. The van der Waals surface area contributed by atoms with Gasteiger partial charge in [-0.25, -0.2) is 9.50 Å². The van der Waals surface area contributed by atoms with Crippen molar-refractivity contribution in [1.29, 1.82) is 0 Å². The van der Waals surface area contributed by atoms with Gasteiger partial charge in [0.05, 0.1) is 6.20 Å². The monoisotopic (exact) mass is 314 g/mol. The van der Waals surface area contributed by atoms with Gasteiger partial charge in [0.1, 0.15) is 10.8 Å². The van der Waals surface area contributed by atoms with Gasteiger partial charge in [0, 0.05) is 6.54 Å². The van der Waals surface area contributed by atoms with Gasteiger partial charge in [-0.3, -0.25) is 4.79 Å². The average Bonchev–Trinajstić information content (AvgIpc) is 2.91. The fourth-order valence-electron chi connectivity index (χ4n) is 2.15. The van der Waals surface area contributed by atoms with Crippen molar-refractivity contribution in [2.45, 2.75) is 20.4 Å². The summed E-state index contributed by atoms with van der Waals surface area (Å²) in [4.78, 5) is 16.4. The third kappa shape index (κ3) is 2.94. The maximum atomic E-state index is 12.2.